The number of carbonyl (C=O) groups excluding carboxylic acids is 2. The van der Waals surface area contributed by atoms with Crippen molar-refractivity contribution < 1.29 is 9.59 Å². The number of hydrogen-bond donors (Lipinski definition) is 0. The van der Waals surface area contributed by atoms with Crippen LogP contribution in [0.5, 0.6) is 0 Å². The van der Waals surface area contributed by atoms with Crippen molar-refractivity contribution in [2.45, 2.75) is 18.3 Å². The topological polar surface area (TPSA) is 49.7 Å². The fourth-order valence-electron chi connectivity index (χ4n) is 4.79. The molecule has 0 aliphatic carbocycles. The van der Waals surface area contributed by atoms with Crippen LogP contribution in [0.25, 0.3) is 0 Å². The number of rotatable bonds is 5. The molecule has 162 valence electrons. The predicted octanol–water partition coefficient (Wildman–Crippen LogP) is 5.56. The average Bonchev–Trinajstić information content (AvgIpc) is 3.05. The number of amides is 2. The SMILES string of the molecule is Cl.O=C1c2ccccc2C(=O)N1CCCC1(c2ccc(Cl)cc2)CN=Cc2ccccc21. The summed E-state index contributed by atoms with van der Waals surface area (Å²) in [4.78, 5) is 31.5. The number of nitrogens with zero attached hydrogens (tertiary/aromatic N) is 2. The van der Waals surface area contributed by atoms with Crippen molar-refractivity contribution in [3.63, 3.8) is 0 Å². The fraction of sp³-hybridized carbons (Fsp3) is 0.192. The summed E-state index contributed by atoms with van der Waals surface area (Å²) in [7, 11) is 0. The number of carbonyl (C=O) groups is 2. The number of hydrogen-bond acceptors (Lipinski definition) is 3. The lowest BCUT2D eigenvalue weighted by Gasteiger charge is -2.37. The second-order valence-electron chi connectivity index (χ2n) is 8.06. The van der Waals surface area contributed by atoms with Gasteiger partial charge in [0.2, 0.25) is 0 Å². The molecular weight excluding hydrogens is 443 g/mol. The van der Waals surface area contributed by atoms with Gasteiger partial charge in [-0.25, -0.2) is 0 Å². The lowest BCUT2D eigenvalue weighted by molar-refractivity contribution is 0.0649. The Kier molecular flexibility index (Phi) is 6.18. The largest absolute Gasteiger partial charge is 0.291 e. The minimum Gasteiger partial charge on any atom is -0.291 e. The fourth-order valence-corrected chi connectivity index (χ4v) is 4.91. The smallest absolute Gasteiger partial charge is 0.261 e. The lowest BCUT2D eigenvalue weighted by atomic mass is 9.69. The minimum absolute atomic E-state index is 0. The van der Waals surface area contributed by atoms with Gasteiger partial charge in [0.15, 0.2) is 0 Å². The molecule has 2 aliphatic heterocycles. The van der Waals surface area contributed by atoms with Gasteiger partial charge in [-0.2, -0.15) is 0 Å². The molecule has 3 aromatic rings. The van der Waals surface area contributed by atoms with Crippen LogP contribution in [0.4, 0.5) is 0 Å². The number of imide groups is 1. The van der Waals surface area contributed by atoms with Crippen molar-refractivity contribution in [3.05, 3.63) is 106 Å². The highest BCUT2D eigenvalue weighted by atomic mass is 35.5. The van der Waals surface area contributed by atoms with E-state index in [1.165, 1.54) is 10.5 Å². The van der Waals surface area contributed by atoms with Crippen molar-refractivity contribution in [1.82, 2.24) is 4.90 Å². The maximum absolute atomic E-state index is 12.7. The molecule has 0 saturated heterocycles. The Bertz CT molecular complexity index is 1170. The van der Waals surface area contributed by atoms with Crippen LogP contribution in [0.3, 0.4) is 0 Å². The van der Waals surface area contributed by atoms with Gasteiger partial charge in [-0.1, -0.05) is 60.1 Å². The second kappa shape index (κ2) is 8.89. The molecule has 0 aromatic heterocycles. The van der Waals surface area contributed by atoms with Gasteiger partial charge in [-0.15, -0.1) is 12.4 Å². The first-order chi connectivity index (χ1) is 15.1. The Balaban J connectivity index is 0.00000245. The van der Waals surface area contributed by atoms with Crippen LogP contribution in [0.2, 0.25) is 5.02 Å². The van der Waals surface area contributed by atoms with Gasteiger partial charge >= 0.3 is 0 Å². The van der Waals surface area contributed by atoms with Crippen LogP contribution in [0, 0.1) is 0 Å². The standard InChI is InChI=1S/C26H21ClN2O2.ClH/c27-20-12-10-19(11-13-20)26(17-28-16-18-6-1-4-9-23(18)26)14-5-15-29-24(30)21-7-2-3-8-22(21)25(29)31;/h1-4,6-13,16H,5,14-15,17H2;1H. The van der Waals surface area contributed by atoms with E-state index >= 15 is 0 Å². The highest BCUT2D eigenvalue weighted by Crippen LogP contribution is 2.41. The van der Waals surface area contributed by atoms with E-state index in [0.29, 0.717) is 35.7 Å². The van der Waals surface area contributed by atoms with Gasteiger partial charge in [0.25, 0.3) is 11.8 Å². The molecule has 1 atom stereocenters. The summed E-state index contributed by atoms with van der Waals surface area (Å²) in [6.07, 6.45) is 3.36. The van der Waals surface area contributed by atoms with Gasteiger partial charge in [-0.3, -0.25) is 19.5 Å². The van der Waals surface area contributed by atoms with Crippen LogP contribution in [-0.2, 0) is 5.41 Å². The molecule has 0 N–H and O–H groups in total. The summed E-state index contributed by atoms with van der Waals surface area (Å²) < 4.78 is 0. The lowest BCUT2D eigenvalue weighted by Crippen LogP contribution is -2.37. The molecule has 4 nitrogen and oxygen atoms in total. The van der Waals surface area contributed by atoms with E-state index in [1.54, 1.807) is 24.3 Å². The molecule has 0 spiro atoms. The first-order valence-electron chi connectivity index (χ1n) is 10.4. The molecule has 0 radical (unpaired) electrons. The van der Waals surface area contributed by atoms with Gasteiger partial charge < -0.3 is 0 Å². The van der Waals surface area contributed by atoms with E-state index in [4.69, 9.17) is 11.6 Å². The van der Waals surface area contributed by atoms with E-state index in [1.807, 2.05) is 30.5 Å². The number of halogens is 2. The molecule has 0 saturated carbocycles. The molecular formula is C26H22Cl2N2O2. The molecule has 3 aromatic carbocycles. The Labute approximate surface area is 198 Å². The zero-order chi connectivity index (χ0) is 21.4. The third kappa shape index (κ3) is 3.64. The van der Waals surface area contributed by atoms with E-state index in [9.17, 15) is 9.59 Å². The third-order valence-electron chi connectivity index (χ3n) is 6.33. The zero-order valence-corrected chi connectivity index (χ0v) is 18.9. The van der Waals surface area contributed by atoms with Gasteiger partial charge in [0.1, 0.15) is 0 Å². The van der Waals surface area contributed by atoms with E-state index in [2.05, 4.69) is 29.3 Å². The van der Waals surface area contributed by atoms with Crippen molar-refractivity contribution in [1.29, 1.82) is 0 Å². The van der Waals surface area contributed by atoms with Crippen LogP contribution in [0.1, 0.15) is 50.2 Å². The summed E-state index contributed by atoms with van der Waals surface area (Å²) in [6.45, 7) is 1.00. The van der Waals surface area contributed by atoms with Gasteiger partial charge in [-0.05, 0) is 53.8 Å². The van der Waals surface area contributed by atoms with Gasteiger partial charge in [0, 0.05) is 23.2 Å². The highest BCUT2D eigenvalue weighted by molar-refractivity contribution is 6.30. The Morgan fingerprint density at radius 3 is 2.19 bits per heavy atom. The Hall–Kier alpha value is -2.95. The summed E-state index contributed by atoms with van der Waals surface area (Å²) >= 11 is 6.15. The molecule has 5 rings (SSSR count). The van der Waals surface area contributed by atoms with Gasteiger partial charge in [0.05, 0.1) is 17.7 Å². The van der Waals surface area contributed by atoms with Crippen molar-refractivity contribution >= 4 is 42.0 Å². The zero-order valence-electron chi connectivity index (χ0n) is 17.3. The minimum atomic E-state index is -0.325. The molecule has 2 aliphatic rings. The molecule has 2 heterocycles. The first-order valence-corrected chi connectivity index (χ1v) is 10.8. The van der Waals surface area contributed by atoms with Crippen LogP contribution in [-0.4, -0.2) is 36.0 Å². The van der Waals surface area contributed by atoms with Crippen LogP contribution < -0.4 is 0 Å². The van der Waals surface area contributed by atoms with Crippen molar-refractivity contribution in [3.8, 4) is 0 Å². The Morgan fingerprint density at radius 1 is 0.875 bits per heavy atom. The third-order valence-corrected chi connectivity index (χ3v) is 6.58. The summed E-state index contributed by atoms with van der Waals surface area (Å²) in [5.74, 6) is -0.411. The van der Waals surface area contributed by atoms with Crippen LogP contribution in [0.15, 0.2) is 77.8 Å². The quantitative estimate of drug-likeness (QED) is 0.464. The first kappa shape index (κ1) is 22.3. The normalized spacial score (nSPS) is 18.8. The van der Waals surface area contributed by atoms with Crippen molar-refractivity contribution in [2.75, 3.05) is 13.1 Å². The average molecular weight is 465 g/mol. The monoisotopic (exact) mass is 464 g/mol. The van der Waals surface area contributed by atoms with Crippen LogP contribution >= 0.6 is 24.0 Å². The van der Waals surface area contributed by atoms with E-state index in [-0.39, 0.29) is 29.6 Å². The summed E-state index contributed by atoms with van der Waals surface area (Å²) in [5, 5.41) is 0.692. The van der Waals surface area contributed by atoms with Crippen molar-refractivity contribution in [2.24, 2.45) is 4.99 Å². The van der Waals surface area contributed by atoms with E-state index < -0.39 is 0 Å². The van der Waals surface area contributed by atoms with E-state index in [0.717, 1.165) is 17.5 Å². The molecule has 32 heavy (non-hydrogen) atoms. The Morgan fingerprint density at radius 2 is 1.50 bits per heavy atom. The second-order valence-corrected chi connectivity index (χ2v) is 8.49. The number of benzene rings is 3. The predicted molar refractivity (Wildman–Crippen MR) is 129 cm³/mol. The molecule has 2 amide bonds. The maximum atomic E-state index is 12.7. The summed E-state index contributed by atoms with van der Waals surface area (Å²) in [6, 6.07) is 23.2. The number of fused-ring (bicyclic) bond motifs is 2. The number of aliphatic imine (C=N–C) groups is 1. The molecule has 6 heteroatoms. The molecule has 0 fully saturated rings. The highest BCUT2D eigenvalue weighted by Gasteiger charge is 2.39. The molecule has 1 unspecified atom stereocenters. The maximum Gasteiger partial charge on any atom is 0.261 e. The molecule has 0 bridgehead atoms. The summed E-state index contributed by atoms with van der Waals surface area (Å²) in [5.41, 5.74) is 4.12.